The van der Waals surface area contributed by atoms with Crippen molar-refractivity contribution >= 4 is 11.8 Å². The van der Waals surface area contributed by atoms with Gasteiger partial charge >= 0.3 is 0 Å². The molecule has 1 nitrogen and oxygen atoms in total. The maximum absolute atomic E-state index is 3.61. The molecular formula is C15H25NS. The molecule has 1 rings (SSSR count). The van der Waals surface area contributed by atoms with E-state index in [9.17, 15) is 0 Å². The van der Waals surface area contributed by atoms with Crippen LogP contribution in [0, 0.1) is 0 Å². The number of hydrogen-bond donors (Lipinski definition) is 1. The molecule has 0 aliphatic rings. The normalized spacial score (nSPS) is 16.5. The number of benzene rings is 1. The first kappa shape index (κ1) is 14.6. The van der Waals surface area contributed by atoms with E-state index < -0.39 is 0 Å². The number of nitrogens with one attached hydrogen (secondary N) is 1. The van der Waals surface area contributed by atoms with Gasteiger partial charge in [0.2, 0.25) is 0 Å². The van der Waals surface area contributed by atoms with Crippen LogP contribution in [0.5, 0.6) is 0 Å². The van der Waals surface area contributed by atoms with E-state index >= 15 is 0 Å². The Kier molecular flexibility index (Phi) is 6.68. The standard InChI is InChI=1S/C15H25NS/c1-5-12(3)17-13(4)15(16-6-2)14-10-8-7-9-11-14/h7-13,15-16H,5-6H2,1-4H3. The predicted molar refractivity (Wildman–Crippen MR) is 79.7 cm³/mol. The summed E-state index contributed by atoms with van der Waals surface area (Å²) < 4.78 is 0. The van der Waals surface area contributed by atoms with Crippen molar-refractivity contribution in [3.8, 4) is 0 Å². The second kappa shape index (κ2) is 7.78. The van der Waals surface area contributed by atoms with Crippen LogP contribution in [0.2, 0.25) is 0 Å². The van der Waals surface area contributed by atoms with E-state index in [2.05, 4.69) is 75.1 Å². The first-order valence-corrected chi connectivity index (χ1v) is 7.57. The molecular weight excluding hydrogens is 226 g/mol. The van der Waals surface area contributed by atoms with Crippen molar-refractivity contribution in [2.45, 2.75) is 50.7 Å². The Morgan fingerprint density at radius 1 is 1.12 bits per heavy atom. The summed E-state index contributed by atoms with van der Waals surface area (Å²) in [5.41, 5.74) is 1.40. The lowest BCUT2D eigenvalue weighted by atomic mass is 10.0. The Bertz CT molecular complexity index is 299. The molecule has 3 unspecified atom stereocenters. The van der Waals surface area contributed by atoms with Crippen molar-refractivity contribution in [3.63, 3.8) is 0 Å². The zero-order valence-electron chi connectivity index (χ0n) is 11.4. The van der Waals surface area contributed by atoms with Crippen molar-refractivity contribution in [1.29, 1.82) is 0 Å². The second-order valence-corrected chi connectivity index (χ2v) is 6.33. The van der Waals surface area contributed by atoms with Gasteiger partial charge in [0.1, 0.15) is 0 Å². The molecule has 1 aromatic carbocycles. The van der Waals surface area contributed by atoms with Crippen LogP contribution in [0.1, 0.15) is 45.7 Å². The smallest absolute Gasteiger partial charge is 0.0437 e. The molecule has 0 aromatic heterocycles. The highest BCUT2D eigenvalue weighted by atomic mass is 32.2. The highest BCUT2D eigenvalue weighted by molar-refractivity contribution is 8.00. The Morgan fingerprint density at radius 3 is 2.29 bits per heavy atom. The van der Waals surface area contributed by atoms with Crippen molar-refractivity contribution in [2.75, 3.05) is 6.54 Å². The Balaban J connectivity index is 2.71. The molecule has 17 heavy (non-hydrogen) atoms. The summed E-state index contributed by atoms with van der Waals surface area (Å²) in [5, 5.41) is 4.94. The van der Waals surface area contributed by atoms with E-state index in [-0.39, 0.29) is 0 Å². The highest BCUT2D eigenvalue weighted by Gasteiger charge is 2.20. The van der Waals surface area contributed by atoms with Crippen LogP contribution >= 0.6 is 11.8 Å². The molecule has 0 aliphatic carbocycles. The number of hydrogen-bond acceptors (Lipinski definition) is 2. The Hall–Kier alpha value is -0.470. The van der Waals surface area contributed by atoms with E-state index in [0.717, 1.165) is 11.8 Å². The average molecular weight is 251 g/mol. The first-order chi connectivity index (χ1) is 8.19. The minimum Gasteiger partial charge on any atom is -0.309 e. The molecule has 0 saturated carbocycles. The highest BCUT2D eigenvalue weighted by Crippen LogP contribution is 2.30. The fraction of sp³-hybridized carbons (Fsp3) is 0.600. The Morgan fingerprint density at radius 2 is 1.76 bits per heavy atom. The van der Waals surface area contributed by atoms with E-state index in [1.165, 1.54) is 12.0 Å². The molecule has 1 aromatic rings. The van der Waals surface area contributed by atoms with Gasteiger partial charge in [0.15, 0.2) is 0 Å². The summed E-state index contributed by atoms with van der Waals surface area (Å²) in [4.78, 5) is 0. The zero-order valence-corrected chi connectivity index (χ0v) is 12.3. The molecule has 0 amide bonds. The molecule has 0 heterocycles. The third kappa shape index (κ3) is 4.72. The van der Waals surface area contributed by atoms with Gasteiger partial charge in [-0.25, -0.2) is 0 Å². The van der Waals surface area contributed by atoms with Gasteiger partial charge in [-0.1, -0.05) is 58.0 Å². The summed E-state index contributed by atoms with van der Waals surface area (Å²) >= 11 is 2.08. The zero-order chi connectivity index (χ0) is 12.7. The molecule has 3 atom stereocenters. The van der Waals surface area contributed by atoms with Gasteiger partial charge in [0.05, 0.1) is 0 Å². The molecule has 0 fully saturated rings. The van der Waals surface area contributed by atoms with E-state index in [0.29, 0.717) is 11.3 Å². The van der Waals surface area contributed by atoms with Crippen molar-refractivity contribution in [1.82, 2.24) is 5.32 Å². The van der Waals surface area contributed by atoms with Gasteiger partial charge in [-0.15, -0.1) is 0 Å². The van der Waals surface area contributed by atoms with Crippen molar-refractivity contribution < 1.29 is 0 Å². The van der Waals surface area contributed by atoms with Crippen LogP contribution in [0.3, 0.4) is 0 Å². The molecule has 1 N–H and O–H groups in total. The maximum Gasteiger partial charge on any atom is 0.0437 e. The van der Waals surface area contributed by atoms with Gasteiger partial charge in [0.25, 0.3) is 0 Å². The minimum atomic E-state index is 0.459. The lowest BCUT2D eigenvalue weighted by Crippen LogP contribution is -2.29. The fourth-order valence-corrected chi connectivity index (χ4v) is 3.31. The topological polar surface area (TPSA) is 12.0 Å². The van der Waals surface area contributed by atoms with Gasteiger partial charge in [0, 0.05) is 16.5 Å². The van der Waals surface area contributed by atoms with Crippen LogP contribution in [0.4, 0.5) is 0 Å². The predicted octanol–water partition coefficient (Wildman–Crippen LogP) is 4.26. The first-order valence-electron chi connectivity index (χ1n) is 6.62. The van der Waals surface area contributed by atoms with Crippen molar-refractivity contribution in [2.24, 2.45) is 0 Å². The summed E-state index contributed by atoms with van der Waals surface area (Å²) in [6, 6.07) is 11.2. The monoisotopic (exact) mass is 251 g/mol. The fourth-order valence-electron chi connectivity index (χ4n) is 1.98. The molecule has 96 valence electrons. The number of thioether (sulfide) groups is 1. The largest absolute Gasteiger partial charge is 0.309 e. The molecule has 0 spiro atoms. The summed E-state index contributed by atoms with van der Waals surface area (Å²) in [7, 11) is 0. The van der Waals surface area contributed by atoms with Crippen LogP contribution in [-0.4, -0.2) is 17.0 Å². The SMILES string of the molecule is CCNC(c1ccccc1)C(C)SC(C)CC. The molecule has 0 radical (unpaired) electrons. The quantitative estimate of drug-likeness (QED) is 0.777. The summed E-state index contributed by atoms with van der Waals surface area (Å²) in [5.74, 6) is 0. The van der Waals surface area contributed by atoms with Crippen LogP contribution in [0.25, 0.3) is 0 Å². The molecule has 2 heteroatoms. The van der Waals surface area contributed by atoms with Gasteiger partial charge in [-0.05, 0) is 18.5 Å². The second-order valence-electron chi connectivity index (χ2n) is 4.51. The summed E-state index contributed by atoms with van der Waals surface area (Å²) in [6.45, 7) is 10.1. The third-order valence-corrected chi connectivity index (χ3v) is 4.57. The van der Waals surface area contributed by atoms with E-state index in [4.69, 9.17) is 0 Å². The lowest BCUT2D eigenvalue weighted by Gasteiger charge is -2.27. The maximum atomic E-state index is 3.61. The van der Waals surface area contributed by atoms with E-state index in [1.807, 2.05) is 0 Å². The third-order valence-electron chi connectivity index (χ3n) is 3.07. The van der Waals surface area contributed by atoms with Gasteiger partial charge < -0.3 is 5.32 Å². The van der Waals surface area contributed by atoms with E-state index in [1.54, 1.807) is 0 Å². The molecule has 0 aliphatic heterocycles. The van der Waals surface area contributed by atoms with Crippen LogP contribution < -0.4 is 5.32 Å². The molecule has 0 bridgehead atoms. The lowest BCUT2D eigenvalue weighted by molar-refractivity contribution is 0.546. The van der Waals surface area contributed by atoms with Gasteiger partial charge in [-0.2, -0.15) is 11.8 Å². The Labute approximate surface area is 110 Å². The average Bonchev–Trinajstić information content (AvgIpc) is 2.36. The molecule has 0 saturated heterocycles. The minimum absolute atomic E-state index is 0.459. The van der Waals surface area contributed by atoms with Crippen LogP contribution in [-0.2, 0) is 0 Å². The van der Waals surface area contributed by atoms with Crippen molar-refractivity contribution in [3.05, 3.63) is 35.9 Å². The van der Waals surface area contributed by atoms with Crippen LogP contribution in [0.15, 0.2) is 30.3 Å². The summed E-state index contributed by atoms with van der Waals surface area (Å²) in [6.07, 6.45) is 1.24. The van der Waals surface area contributed by atoms with Gasteiger partial charge in [-0.3, -0.25) is 0 Å². The number of rotatable bonds is 7.